The molecule has 0 aliphatic carbocycles. The van der Waals surface area contributed by atoms with Crippen LogP contribution in [0.1, 0.15) is 17.1 Å². The molecule has 0 aliphatic heterocycles. The third-order valence-electron chi connectivity index (χ3n) is 4.12. The quantitative estimate of drug-likeness (QED) is 0.458. The molecule has 3 rings (SSSR count). The highest BCUT2D eigenvalue weighted by Crippen LogP contribution is 2.33. The Morgan fingerprint density at radius 1 is 1.06 bits per heavy atom. The second-order valence-corrected chi connectivity index (χ2v) is 8.63. The molecule has 1 heterocycles. The van der Waals surface area contributed by atoms with Gasteiger partial charge < -0.3 is 9.73 Å². The van der Waals surface area contributed by atoms with Gasteiger partial charge in [-0.05, 0) is 48.5 Å². The zero-order valence-electron chi connectivity index (χ0n) is 16.2. The van der Waals surface area contributed by atoms with Gasteiger partial charge in [-0.25, -0.2) is 13.1 Å². The lowest BCUT2D eigenvalue weighted by Crippen LogP contribution is -2.22. The Balaban J connectivity index is 1.61. The first kappa shape index (κ1) is 23.6. The normalized spacial score (nSPS) is 12.2. The van der Waals surface area contributed by atoms with Gasteiger partial charge in [0, 0.05) is 6.08 Å². The van der Waals surface area contributed by atoms with Crippen molar-refractivity contribution in [1.82, 2.24) is 4.72 Å². The van der Waals surface area contributed by atoms with Crippen LogP contribution in [0.15, 0.2) is 76.1 Å². The maximum absolute atomic E-state index is 12.8. The second kappa shape index (κ2) is 9.60. The van der Waals surface area contributed by atoms with Crippen molar-refractivity contribution in [2.24, 2.45) is 0 Å². The van der Waals surface area contributed by atoms with E-state index in [4.69, 9.17) is 16.0 Å². The van der Waals surface area contributed by atoms with Gasteiger partial charge in [0.2, 0.25) is 15.9 Å². The Labute approximate surface area is 186 Å². The van der Waals surface area contributed by atoms with Crippen LogP contribution in [0.5, 0.6) is 0 Å². The number of nitrogens with one attached hydrogen (secondary N) is 2. The van der Waals surface area contributed by atoms with Crippen molar-refractivity contribution in [1.29, 1.82) is 0 Å². The average Bonchev–Trinajstić information content (AvgIpc) is 3.20. The third-order valence-corrected chi connectivity index (χ3v) is 5.87. The minimum Gasteiger partial charge on any atom is -0.460 e. The summed E-state index contributed by atoms with van der Waals surface area (Å²) in [5.41, 5.74) is -1.14. The SMILES string of the molecule is O=C(/C=C/c1ccc(CNS(=O)(=O)c2ccccc2)o1)Nc1cc(C(F)(F)F)ccc1Cl. The highest BCUT2D eigenvalue weighted by molar-refractivity contribution is 7.89. The Kier molecular flexibility index (Phi) is 7.07. The molecular weight excluding hydrogens is 469 g/mol. The lowest BCUT2D eigenvalue weighted by molar-refractivity contribution is -0.137. The molecule has 0 fully saturated rings. The summed E-state index contributed by atoms with van der Waals surface area (Å²) in [6.45, 7) is -0.114. The van der Waals surface area contributed by atoms with Crippen molar-refractivity contribution in [3.05, 3.63) is 88.8 Å². The van der Waals surface area contributed by atoms with Gasteiger partial charge in [-0.3, -0.25) is 4.79 Å². The van der Waals surface area contributed by atoms with E-state index in [1.165, 1.54) is 30.3 Å². The van der Waals surface area contributed by atoms with E-state index in [0.29, 0.717) is 5.76 Å². The topological polar surface area (TPSA) is 88.4 Å². The predicted molar refractivity (Wildman–Crippen MR) is 113 cm³/mol. The smallest absolute Gasteiger partial charge is 0.416 e. The summed E-state index contributed by atoms with van der Waals surface area (Å²) in [4.78, 5) is 12.2. The molecule has 3 aromatic rings. The van der Waals surface area contributed by atoms with Gasteiger partial charge in [-0.15, -0.1) is 0 Å². The Morgan fingerprint density at radius 3 is 2.47 bits per heavy atom. The maximum atomic E-state index is 12.8. The fourth-order valence-electron chi connectivity index (χ4n) is 2.56. The summed E-state index contributed by atoms with van der Waals surface area (Å²) < 4.78 is 70.7. The molecule has 2 aromatic carbocycles. The molecule has 0 radical (unpaired) electrons. The first-order valence-corrected chi connectivity index (χ1v) is 10.9. The van der Waals surface area contributed by atoms with Gasteiger partial charge in [-0.1, -0.05) is 29.8 Å². The van der Waals surface area contributed by atoms with Crippen molar-refractivity contribution in [3.8, 4) is 0 Å². The van der Waals surface area contributed by atoms with E-state index in [0.717, 1.165) is 24.3 Å². The summed E-state index contributed by atoms with van der Waals surface area (Å²) in [5, 5.41) is 2.22. The minimum absolute atomic E-state index is 0.0502. The number of hydrogen-bond acceptors (Lipinski definition) is 4. The second-order valence-electron chi connectivity index (χ2n) is 6.46. The summed E-state index contributed by atoms with van der Waals surface area (Å²) in [6, 6.07) is 13.4. The Bertz CT molecular complexity index is 1240. The standard InChI is InChI=1S/C21H16ClF3N2O4S/c22-18-10-6-14(21(23,24)25)12-19(18)27-20(28)11-9-15-7-8-16(31-15)13-26-32(29,30)17-4-2-1-3-5-17/h1-12,26H,13H2,(H,27,28)/b11-9+. The van der Waals surface area contributed by atoms with Gasteiger partial charge >= 0.3 is 6.18 Å². The zero-order chi connectivity index (χ0) is 23.4. The molecule has 0 bridgehead atoms. The summed E-state index contributed by atoms with van der Waals surface area (Å²) in [7, 11) is -3.71. The lowest BCUT2D eigenvalue weighted by atomic mass is 10.2. The van der Waals surface area contributed by atoms with Gasteiger partial charge in [0.25, 0.3) is 0 Å². The fourth-order valence-corrected chi connectivity index (χ4v) is 3.74. The number of hydrogen-bond donors (Lipinski definition) is 2. The number of alkyl halides is 3. The number of halogens is 4. The van der Waals surface area contributed by atoms with E-state index in [1.807, 2.05) is 0 Å². The first-order valence-electron chi connectivity index (χ1n) is 9.04. The van der Waals surface area contributed by atoms with Crippen molar-refractivity contribution in [2.45, 2.75) is 17.6 Å². The molecule has 1 aromatic heterocycles. The first-order chi connectivity index (χ1) is 15.0. The van der Waals surface area contributed by atoms with E-state index >= 15 is 0 Å². The Morgan fingerprint density at radius 2 is 1.78 bits per heavy atom. The molecule has 0 saturated carbocycles. The molecule has 32 heavy (non-hydrogen) atoms. The van der Waals surface area contributed by atoms with Crippen molar-refractivity contribution >= 4 is 39.3 Å². The summed E-state index contributed by atoms with van der Waals surface area (Å²) in [5.74, 6) is -0.191. The van der Waals surface area contributed by atoms with Gasteiger partial charge in [0.05, 0.1) is 27.7 Å². The number of anilines is 1. The monoisotopic (exact) mass is 484 g/mol. The molecular formula is C21H16ClF3N2O4S. The van der Waals surface area contributed by atoms with Gasteiger partial charge in [0.15, 0.2) is 0 Å². The lowest BCUT2D eigenvalue weighted by Gasteiger charge is -2.10. The highest BCUT2D eigenvalue weighted by Gasteiger charge is 2.31. The molecule has 0 aliphatic rings. The number of carbonyl (C=O) groups excluding carboxylic acids is 1. The molecule has 1 amide bonds. The van der Waals surface area contributed by atoms with Crippen LogP contribution < -0.4 is 10.0 Å². The molecule has 168 valence electrons. The molecule has 2 N–H and O–H groups in total. The number of amides is 1. The van der Waals surface area contributed by atoms with Crippen molar-refractivity contribution in [2.75, 3.05) is 5.32 Å². The largest absolute Gasteiger partial charge is 0.460 e. The van der Waals surface area contributed by atoms with Crippen LogP contribution in [-0.4, -0.2) is 14.3 Å². The van der Waals surface area contributed by atoms with Crippen molar-refractivity contribution < 1.29 is 30.8 Å². The number of furan rings is 1. The molecule has 0 atom stereocenters. The van der Waals surface area contributed by atoms with Gasteiger partial charge in [-0.2, -0.15) is 13.2 Å². The van der Waals surface area contributed by atoms with Crippen LogP contribution in [0, 0.1) is 0 Å². The Hall–Kier alpha value is -3.08. The molecule has 0 saturated heterocycles. The number of sulfonamides is 1. The van der Waals surface area contributed by atoms with Crippen molar-refractivity contribution in [3.63, 3.8) is 0 Å². The molecule has 6 nitrogen and oxygen atoms in total. The minimum atomic E-state index is -4.58. The van der Waals surface area contributed by atoms with Gasteiger partial charge in [0.1, 0.15) is 11.5 Å². The molecule has 0 spiro atoms. The van der Waals surface area contributed by atoms with Crippen LogP contribution in [-0.2, 0) is 27.5 Å². The third kappa shape index (κ3) is 6.22. The van der Waals surface area contributed by atoms with Crippen LogP contribution in [0.3, 0.4) is 0 Å². The highest BCUT2D eigenvalue weighted by atomic mass is 35.5. The molecule has 0 unspecified atom stereocenters. The summed E-state index contributed by atoms with van der Waals surface area (Å²) >= 11 is 5.85. The van der Waals surface area contributed by atoms with E-state index in [2.05, 4.69) is 10.0 Å². The van der Waals surface area contributed by atoms with E-state index in [-0.39, 0.29) is 27.9 Å². The van der Waals surface area contributed by atoms with E-state index < -0.39 is 27.7 Å². The van der Waals surface area contributed by atoms with E-state index in [9.17, 15) is 26.4 Å². The van der Waals surface area contributed by atoms with Crippen LogP contribution in [0.4, 0.5) is 18.9 Å². The number of rotatable bonds is 7. The fraction of sp³-hybridized carbons (Fsp3) is 0.0952. The summed E-state index contributed by atoms with van der Waals surface area (Å²) in [6.07, 6.45) is -2.24. The van der Waals surface area contributed by atoms with Crippen LogP contribution in [0.2, 0.25) is 5.02 Å². The van der Waals surface area contributed by atoms with Crippen LogP contribution in [0.25, 0.3) is 6.08 Å². The average molecular weight is 485 g/mol. The zero-order valence-corrected chi connectivity index (χ0v) is 17.8. The number of carbonyl (C=O) groups is 1. The predicted octanol–water partition coefficient (Wildman–Crippen LogP) is 5.08. The maximum Gasteiger partial charge on any atom is 0.416 e. The van der Waals surface area contributed by atoms with E-state index in [1.54, 1.807) is 18.2 Å². The number of benzene rings is 2. The molecule has 11 heteroatoms. The van der Waals surface area contributed by atoms with Crippen LogP contribution >= 0.6 is 11.6 Å².